The van der Waals surface area contributed by atoms with Crippen LogP contribution < -0.4 is 28.1 Å². The van der Waals surface area contributed by atoms with Crippen molar-refractivity contribution in [2.45, 2.75) is 31.9 Å². The van der Waals surface area contributed by atoms with Crippen LogP contribution in [-0.4, -0.2) is 46.4 Å². The monoisotopic (exact) mass is 445 g/mol. The first-order chi connectivity index (χ1) is 14.9. The number of para-hydroxylation sites is 2. The van der Waals surface area contributed by atoms with Gasteiger partial charge in [0.25, 0.3) is 5.91 Å². The Bertz CT molecular complexity index is 1120. The van der Waals surface area contributed by atoms with E-state index in [1.807, 2.05) is 18.2 Å². The van der Waals surface area contributed by atoms with Crippen LogP contribution >= 0.6 is 0 Å². The number of nitrogens with zero attached hydrogens (tertiary/aromatic N) is 2. The minimum Gasteiger partial charge on any atom is -0.481 e. The quantitative estimate of drug-likeness (QED) is 0.701. The van der Waals surface area contributed by atoms with Gasteiger partial charge in [-0.25, -0.2) is 8.61 Å². The highest BCUT2D eigenvalue weighted by molar-refractivity contribution is 7.94. The standard InChI is InChI=1S/C21H23N3O6S/c1-14(30-16-8-9-19-20(12-16)29-13-28-19)21(25)22-10-11-23-17-4-2-3-5-18(17)24(15-6-7-15)31(23,26)27/h2-5,8-9,12,14-15H,6-7,10-11,13H2,1H3,(H,22,25)/t14-/m1/s1. The lowest BCUT2D eigenvalue weighted by molar-refractivity contribution is -0.127. The number of carbonyl (C=O) groups is 1. The van der Waals surface area contributed by atoms with Crippen LogP contribution in [0.2, 0.25) is 0 Å². The zero-order valence-electron chi connectivity index (χ0n) is 17.0. The fraction of sp³-hybridized carbons (Fsp3) is 0.381. The average Bonchev–Trinajstić information content (AvgIpc) is 3.41. The van der Waals surface area contributed by atoms with Gasteiger partial charge in [0.1, 0.15) is 5.75 Å². The smallest absolute Gasteiger partial charge is 0.326 e. The van der Waals surface area contributed by atoms with Crippen LogP contribution in [-0.2, 0) is 15.0 Å². The molecule has 2 heterocycles. The Kier molecular flexibility index (Phi) is 4.81. The summed E-state index contributed by atoms with van der Waals surface area (Å²) in [6, 6.07) is 12.4. The van der Waals surface area contributed by atoms with Gasteiger partial charge < -0.3 is 19.5 Å². The highest BCUT2D eigenvalue weighted by atomic mass is 32.2. The molecule has 1 fully saturated rings. The molecule has 2 aromatic rings. The number of ether oxygens (including phenoxy) is 3. The highest BCUT2D eigenvalue weighted by Gasteiger charge is 2.47. The van der Waals surface area contributed by atoms with Gasteiger partial charge in [0.05, 0.1) is 17.9 Å². The van der Waals surface area contributed by atoms with Crippen molar-refractivity contribution in [3.05, 3.63) is 42.5 Å². The van der Waals surface area contributed by atoms with Gasteiger partial charge in [0.15, 0.2) is 17.6 Å². The predicted octanol–water partition coefficient (Wildman–Crippen LogP) is 2.03. The van der Waals surface area contributed by atoms with Crippen molar-refractivity contribution >= 4 is 27.5 Å². The number of hydrogen-bond acceptors (Lipinski definition) is 6. The third kappa shape index (κ3) is 3.60. The summed E-state index contributed by atoms with van der Waals surface area (Å²) >= 11 is 0. The summed E-state index contributed by atoms with van der Waals surface area (Å²) in [6.07, 6.45) is 0.977. The fourth-order valence-electron chi connectivity index (χ4n) is 3.78. The van der Waals surface area contributed by atoms with E-state index in [-0.39, 0.29) is 31.8 Å². The van der Waals surface area contributed by atoms with Crippen molar-refractivity contribution in [3.63, 3.8) is 0 Å². The molecule has 0 bridgehead atoms. The van der Waals surface area contributed by atoms with Gasteiger partial charge in [0, 0.05) is 18.7 Å². The van der Waals surface area contributed by atoms with Crippen LogP contribution in [0.5, 0.6) is 17.2 Å². The maximum Gasteiger partial charge on any atom is 0.326 e. The van der Waals surface area contributed by atoms with Crippen molar-refractivity contribution in [1.82, 2.24) is 5.32 Å². The molecular weight excluding hydrogens is 422 g/mol. The molecule has 5 rings (SSSR count). The molecule has 0 aromatic heterocycles. The lowest BCUT2D eigenvalue weighted by Crippen LogP contribution is -2.44. The molecule has 164 valence electrons. The molecule has 10 heteroatoms. The van der Waals surface area contributed by atoms with Gasteiger partial charge in [-0.05, 0) is 44.0 Å². The van der Waals surface area contributed by atoms with Gasteiger partial charge in [-0.15, -0.1) is 0 Å². The first kappa shape index (κ1) is 19.8. The Hall–Kier alpha value is -3.14. The van der Waals surface area contributed by atoms with Gasteiger partial charge >= 0.3 is 10.2 Å². The molecule has 1 amide bonds. The van der Waals surface area contributed by atoms with E-state index in [0.29, 0.717) is 28.6 Å². The van der Waals surface area contributed by atoms with Crippen molar-refractivity contribution in [2.75, 3.05) is 28.5 Å². The highest BCUT2D eigenvalue weighted by Crippen LogP contribution is 2.46. The summed E-state index contributed by atoms with van der Waals surface area (Å²) in [5.74, 6) is 1.37. The molecule has 0 unspecified atom stereocenters. The summed E-state index contributed by atoms with van der Waals surface area (Å²) in [6.45, 7) is 2.11. The average molecular weight is 445 g/mol. The molecule has 1 N–H and O–H groups in total. The number of benzene rings is 2. The van der Waals surface area contributed by atoms with E-state index in [1.54, 1.807) is 31.2 Å². The number of carbonyl (C=O) groups excluding carboxylic acids is 1. The minimum absolute atomic E-state index is 0.0286. The molecule has 1 saturated carbocycles. The Morgan fingerprint density at radius 2 is 1.90 bits per heavy atom. The molecule has 1 atom stereocenters. The first-order valence-electron chi connectivity index (χ1n) is 10.2. The maximum atomic E-state index is 13.1. The molecular formula is C21H23N3O6S. The van der Waals surface area contributed by atoms with Crippen molar-refractivity contribution in [1.29, 1.82) is 0 Å². The summed E-state index contributed by atoms with van der Waals surface area (Å²) in [7, 11) is -3.64. The zero-order chi connectivity index (χ0) is 21.6. The molecule has 31 heavy (non-hydrogen) atoms. The van der Waals surface area contributed by atoms with Gasteiger partial charge in [0.2, 0.25) is 6.79 Å². The van der Waals surface area contributed by atoms with Gasteiger partial charge in [-0.2, -0.15) is 8.42 Å². The molecule has 1 aliphatic carbocycles. The second-order valence-electron chi connectivity index (χ2n) is 7.66. The number of fused-ring (bicyclic) bond motifs is 2. The van der Waals surface area contributed by atoms with Crippen LogP contribution in [0.1, 0.15) is 19.8 Å². The Balaban J connectivity index is 1.20. The SMILES string of the molecule is C[C@@H](Oc1ccc2c(c1)OCO2)C(=O)NCCN1c2ccccc2N(C2CC2)S1(=O)=O. The lowest BCUT2D eigenvalue weighted by atomic mass is 10.2. The summed E-state index contributed by atoms with van der Waals surface area (Å²) in [5.41, 5.74) is 1.35. The number of hydrogen-bond donors (Lipinski definition) is 1. The van der Waals surface area contributed by atoms with Crippen LogP contribution in [0.4, 0.5) is 11.4 Å². The number of amides is 1. The first-order valence-corrected chi connectivity index (χ1v) is 11.6. The van der Waals surface area contributed by atoms with E-state index in [2.05, 4.69) is 5.32 Å². The zero-order valence-corrected chi connectivity index (χ0v) is 17.8. The Morgan fingerprint density at radius 1 is 1.16 bits per heavy atom. The van der Waals surface area contributed by atoms with Gasteiger partial charge in [-0.3, -0.25) is 4.79 Å². The molecule has 0 spiro atoms. The molecule has 0 saturated heterocycles. The maximum absolute atomic E-state index is 13.1. The van der Waals surface area contributed by atoms with E-state index in [4.69, 9.17) is 14.2 Å². The van der Waals surface area contributed by atoms with Crippen LogP contribution in [0.3, 0.4) is 0 Å². The van der Waals surface area contributed by atoms with Crippen LogP contribution in [0.25, 0.3) is 0 Å². The lowest BCUT2D eigenvalue weighted by Gasteiger charge is -2.22. The third-order valence-corrected chi connectivity index (χ3v) is 7.36. The molecule has 2 aromatic carbocycles. The van der Waals surface area contributed by atoms with Crippen molar-refractivity contribution < 1.29 is 27.4 Å². The van der Waals surface area contributed by atoms with Crippen LogP contribution in [0, 0.1) is 0 Å². The van der Waals surface area contributed by atoms with Crippen molar-refractivity contribution in [2.24, 2.45) is 0 Å². The van der Waals surface area contributed by atoms with E-state index in [1.165, 1.54) is 8.61 Å². The second-order valence-corrected chi connectivity index (χ2v) is 9.39. The van der Waals surface area contributed by atoms with E-state index >= 15 is 0 Å². The largest absolute Gasteiger partial charge is 0.481 e. The molecule has 0 radical (unpaired) electrons. The summed E-state index contributed by atoms with van der Waals surface area (Å²) in [5, 5.41) is 2.77. The van der Waals surface area contributed by atoms with E-state index in [9.17, 15) is 13.2 Å². The molecule has 3 aliphatic rings. The number of anilines is 2. The Morgan fingerprint density at radius 3 is 2.68 bits per heavy atom. The Labute approximate surface area is 180 Å². The number of rotatable bonds is 7. The van der Waals surface area contributed by atoms with Gasteiger partial charge in [-0.1, -0.05) is 12.1 Å². The number of nitrogens with one attached hydrogen (secondary N) is 1. The van der Waals surface area contributed by atoms with Crippen LogP contribution in [0.15, 0.2) is 42.5 Å². The summed E-state index contributed by atoms with van der Waals surface area (Å²) < 4.78 is 45.3. The normalized spacial score (nSPS) is 19.1. The fourth-order valence-corrected chi connectivity index (χ4v) is 5.71. The summed E-state index contributed by atoms with van der Waals surface area (Å²) in [4.78, 5) is 12.5. The molecule has 9 nitrogen and oxygen atoms in total. The molecule has 2 aliphatic heterocycles. The topological polar surface area (TPSA) is 97.4 Å². The second kappa shape index (κ2) is 7.52. The third-order valence-electron chi connectivity index (χ3n) is 5.43. The van der Waals surface area contributed by atoms with E-state index in [0.717, 1.165) is 12.8 Å². The minimum atomic E-state index is -3.64. The van der Waals surface area contributed by atoms with Crippen molar-refractivity contribution in [3.8, 4) is 17.2 Å². The van der Waals surface area contributed by atoms with E-state index < -0.39 is 16.3 Å². The predicted molar refractivity (Wildman–Crippen MR) is 114 cm³/mol.